The van der Waals surface area contributed by atoms with Crippen molar-refractivity contribution in [3.63, 3.8) is 0 Å². The lowest BCUT2D eigenvalue weighted by Crippen LogP contribution is -2.20. The molecule has 0 spiro atoms. The molecule has 0 aliphatic rings. The molecule has 4 aromatic rings. The highest BCUT2D eigenvalue weighted by Crippen LogP contribution is 2.17. The lowest BCUT2D eigenvalue weighted by atomic mass is 10.1. The van der Waals surface area contributed by atoms with Crippen LogP contribution in [0.3, 0.4) is 0 Å². The number of carbonyl (C=O) groups excluding carboxylic acids is 2. The summed E-state index contributed by atoms with van der Waals surface area (Å²) in [5, 5.41) is 8.41. The van der Waals surface area contributed by atoms with Crippen molar-refractivity contribution in [2.24, 2.45) is 0 Å². The number of benzene rings is 3. The molecule has 1 aromatic heterocycles. The van der Waals surface area contributed by atoms with Gasteiger partial charge in [0.2, 0.25) is 5.91 Å². The van der Waals surface area contributed by atoms with Gasteiger partial charge in [-0.1, -0.05) is 42.5 Å². The highest BCUT2D eigenvalue weighted by atomic mass is 16.2. The number of amides is 3. The van der Waals surface area contributed by atoms with E-state index >= 15 is 0 Å². The zero-order valence-corrected chi connectivity index (χ0v) is 21.0. The van der Waals surface area contributed by atoms with E-state index in [0.717, 1.165) is 16.8 Å². The molecule has 0 saturated heterocycles. The van der Waals surface area contributed by atoms with Crippen LogP contribution in [0.2, 0.25) is 0 Å². The highest BCUT2D eigenvalue weighted by molar-refractivity contribution is 5.99. The van der Waals surface area contributed by atoms with Gasteiger partial charge >= 0.3 is 6.03 Å². The van der Waals surface area contributed by atoms with Gasteiger partial charge in [0.1, 0.15) is 0 Å². The molecule has 0 bridgehead atoms. The SMILES string of the molecule is Nc1ccccc1NC(=O)CCCCn1ccc(Cc2ccc(NC(=O)Nc3ccccc3)cc2)cc1=O. The predicted molar refractivity (Wildman–Crippen MR) is 152 cm³/mol. The van der Waals surface area contributed by atoms with E-state index in [-0.39, 0.29) is 17.5 Å². The minimum atomic E-state index is -0.311. The fourth-order valence-corrected chi connectivity index (χ4v) is 3.99. The van der Waals surface area contributed by atoms with E-state index < -0.39 is 0 Å². The molecule has 194 valence electrons. The number of nitrogen functional groups attached to an aromatic ring is 1. The van der Waals surface area contributed by atoms with E-state index in [1.807, 2.05) is 72.8 Å². The first-order valence-corrected chi connectivity index (χ1v) is 12.5. The van der Waals surface area contributed by atoms with Gasteiger partial charge in [0.25, 0.3) is 5.56 Å². The summed E-state index contributed by atoms with van der Waals surface area (Å²) in [5.41, 5.74) is 10.3. The molecule has 4 rings (SSSR count). The third kappa shape index (κ3) is 7.83. The van der Waals surface area contributed by atoms with Gasteiger partial charge in [0, 0.05) is 36.6 Å². The first kappa shape index (κ1) is 26.2. The van der Waals surface area contributed by atoms with Crippen molar-refractivity contribution < 1.29 is 9.59 Å². The zero-order valence-electron chi connectivity index (χ0n) is 21.0. The lowest BCUT2D eigenvalue weighted by Gasteiger charge is -2.10. The minimum absolute atomic E-state index is 0.0696. The quantitative estimate of drug-likeness (QED) is 0.167. The van der Waals surface area contributed by atoms with Crippen LogP contribution >= 0.6 is 0 Å². The fourth-order valence-electron chi connectivity index (χ4n) is 3.99. The van der Waals surface area contributed by atoms with Crippen molar-refractivity contribution in [2.75, 3.05) is 21.7 Å². The van der Waals surface area contributed by atoms with Gasteiger partial charge in [-0.05, 0) is 72.9 Å². The van der Waals surface area contributed by atoms with E-state index in [9.17, 15) is 14.4 Å². The molecule has 8 nitrogen and oxygen atoms in total. The summed E-state index contributed by atoms with van der Waals surface area (Å²) < 4.78 is 1.66. The number of aryl methyl sites for hydroxylation is 1. The van der Waals surface area contributed by atoms with Gasteiger partial charge in [0.15, 0.2) is 0 Å². The Morgan fingerprint density at radius 2 is 1.42 bits per heavy atom. The van der Waals surface area contributed by atoms with Crippen LogP contribution in [0.4, 0.5) is 27.5 Å². The first-order valence-electron chi connectivity index (χ1n) is 12.5. The molecule has 0 aliphatic heterocycles. The molecule has 0 atom stereocenters. The predicted octanol–water partition coefficient (Wildman–Crippen LogP) is 5.47. The Morgan fingerprint density at radius 1 is 0.737 bits per heavy atom. The number of hydrogen-bond donors (Lipinski definition) is 4. The van der Waals surface area contributed by atoms with Crippen molar-refractivity contribution in [2.45, 2.75) is 32.2 Å². The van der Waals surface area contributed by atoms with Crippen LogP contribution in [0.25, 0.3) is 0 Å². The molecule has 0 unspecified atom stereocenters. The fraction of sp³-hybridized carbons (Fsp3) is 0.167. The van der Waals surface area contributed by atoms with Crippen LogP contribution in [-0.2, 0) is 17.8 Å². The Balaban J connectivity index is 1.21. The number of anilines is 4. The smallest absolute Gasteiger partial charge is 0.323 e. The molecule has 0 radical (unpaired) electrons. The minimum Gasteiger partial charge on any atom is -0.397 e. The summed E-state index contributed by atoms with van der Waals surface area (Å²) >= 11 is 0. The Hall–Kier alpha value is -4.85. The van der Waals surface area contributed by atoms with Crippen molar-refractivity contribution in [3.8, 4) is 0 Å². The number of carbonyl (C=O) groups is 2. The topological polar surface area (TPSA) is 118 Å². The second kappa shape index (κ2) is 12.9. The number of unbranched alkanes of at least 4 members (excludes halogenated alkanes) is 1. The molecule has 5 N–H and O–H groups in total. The average Bonchev–Trinajstić information content (AvgIpc) is 2.91. The molecule has 8 heteroatoms. The summed E-state index contributed by atoms with van der Waals surface area (Å²) in [4.78, 5) is 36.9. The molecular weight excluding hydrogens is 478 g/mol. The van der Waals surface area contributed by atoms with Crippen LogP contribution in [0.15, 0.2) is 102 Å². The van der Waals surface area contributed by atoms with Crippen LogP contribution in [-0.4, -0.2) is 16.5 Å². The summed E-state index contributed by atoms with van der Waals surface area (Å²) in [6.45, 7) is 0.547. The third-order valence-electron chi connectivity index (χ3n) is 6.00. The van der Waals surface area contributed by atoms with E-state index in [2.05, 4.69) is 16.0 Å². The standard InChI is InChI=1S/C30H31N5O3/c31-26-10-4-5-11-27(26)34-28(36)12-6-7-18-35-19-17-23(21-29(35)37)20-22-13-15-25(16-14-22)33-30(38)32-24-8-2-1-3-9-24/h1-5,8-11,13-17,19,21H,6-7,12,18,20,31H2,(H,34,36)(H2,32,33,38). The normalized spacial score (nSPS) is 10.5. The number of urea groups is 1. The Kier molecular flexibility index (Phi) is 8.91. The summed E-state index contributed by atoms with van der Waals surface area (Å²) in [7, 11) is 0. The second-order valence-corrected chi connectivity index (χ2v) is 8.98. The molecule has 3 amide bonds. The number of aromatic nitrogens is 1. The first-order chi connectivity index (χ1) is 18.5. The van der Waals surface area contributed by atoms with Crippen molar-refractivity contribution >= 4 is 34.7 Å². The lowest BCUT2D eigenvalue weighted by molar-refractivity contribution is -0.116. The second-order valence-electron chi connectivity index (χ2n) is 8.98. The van der Waals surface area contributed by atoms with Crippen LogP contribution < -0.4 is 27.2 Å². The van der Waals surface area contributed by atoms with E-state index in [1.54, 1.807) is 29.0 Å². The van der Waals surface area contributed by atoms with Crippen molar-refractivity contribution in [3.05, 3.63) is 119 Å². The highest BCUT2D eigenvalue weighted by Gasteiger charge is 2.06. The van der Waals surface area contributed by atoms with Gasteiger partial charge < -0.3 is 26.3 Å². The number of nitrogens with zero attached hydrogens (tertiary/aromatic N) is 1. The maximum absolute atomic E-state index is 12.6. The van der Waals surface area contributed by atoms with Gasteiger partial charge in [-0.3, -0.25) is 9.59 Å². The number of rotatable bonds is 10. The monoisotopic (exact) mass is 509 g/mol. The molecule has 38 heavy (non-hydrogen) atoms. The van der Waals surface area contributed by atoms with Gasteiger partial charge in [-0.2, -0.15) is 0 Å². The third-order valence-corrected chi connectivity index (χ3v) is 6.00. The molecule has 0 fully saturated rings. The maximum Gasteiger partial charge on any atom is 0.323 e. The van der Waals surface area contributed by atoms with Gasteiger partial charge in [-0.15, -0.1) is 0 Å². The average molecular weight is 510 g/mol. The van der Waals surface area contributed by atoms with Crippen LogP contribution in [0.5, 0.6) is 0 Å². The number of hydrogen-bond acceptors (Lipinski definition) is 4. The Bertz CT molecular complexity index is 1430. The van der Waals surface area contributed by atoms with Gasteiger partial charge in [-0.25, -0.2) is 4.79 Å². The number of nitrogens with one attached hydrogen (secondary N) is 3. The number of pyridine rings is 1. The van der Waals surface area contributed by atoms with Crippen molar-refractivity contribution in [1.82, 2.24) is 4.57 Å². The van der Waals surface area contributed by atoms with Gasteiger partial charge in [0.05, 0.1) is 11.4 Å². The molecule has 1 heterocycles. The summed E-state index contributed by atoms with van der Waals surface area (Å²) in [5.74, 6) is -0.0939. The van der Waals surface area contributed by atoms with Crippen LogP contribution in [0, 0.1) is 0 Å². The summed E-state index contributed by atoms with van der Waals surface area (Å²) in [6.07, 6.45) is 4.14. The van der Waals surface area contributed by atoms with Crippen molar-refractivity contribution in [1.29, 1.82) is 0 Å². The van der Waals surface area contributed by atoms with Crippen LogP contribution in [0.1, 0.15) is 30.4 Å². The number of para-hydroxylation sites is 3. The molecule has 0 aliphatic carbocycles. The maximum atomic E-state index is 12.6. The van der Waals surface area contributed by atoms with E-state index in [1.165, 1.54) is 0 Å². The molecular formula is C30H31N5O3. The largest absolute Gasteiger partial charge is 0.397 e. The Labute approximate surface area is 221 Å². The van der Waals surface area contributed by atoms with E-state index in [4.69, 9.17) is 5.73 Å². The molecule has 3 aromatic carbocycles. The van der Waals surface area contributed by atoms with E-state index in [0.29, 0.717) is 49.3 Å². The number of nitrogens with two attached hydrogens (primary N) is 1. The Morgan fingerprint density at radius 3 is 2.13 bits per heavy atom. The molecule has 0 saturated carbocycles. The zero-order chi connectivity index (χ0) is 26.7. The summed E-state index contributed by atoms with van der Waals surface area (Å²) in [6, 6.07) is 27.2.